The SMILES string of the molecule is Nc1ncnc2sc3c(c12)CCN(C(=O)c1ccc(B(O)O)c(C=O)c1)C3. The molecule has 0 atom stereocenters. The highest BCUT2D eigenvalue weighted by Gasteiger charge is 2.27. The predicted octanol–water partition coefficient (Wildman–Crippen LogP) is -0.0357. The van der Waals surface area contributed by atoms with Gasteiger partial charge in [0.1, 0.15) is 23.3 Å². The lowest BCUT2D eigenvalue weighted by atomic mass is 9.76. The van der Waals surface area contributed by atoms with Crippen LogP contribution < -0.4 is 11.2 Å². The number of nitrogens with zero attached hydrogens (tertiary/aromatic N) is 3. The summed E-state index contributed by atoms with van der Waals surface area (Å²) in [7, 11) is -1.77. The molecule has 1 aliphatic rings. The molecule has 0 radical (unpaired) electrons. The molecule has 0 bridgehead atoms. The molecule has 0 fully saturated rings. The highest BCUT2D eigenvalue weighted by Crippen LogP contribution is 2.36. The average Bonchev–Trinajstić information content (AvgIpc) is 3.05. The van der Waals surface area contributed by atoms with Gasteiger partial charge in [-0.1, -0.05) is 6.07 Å². The van der Waals surface area contributed by atoms with Gasteiger partial charge in [-0.05, 0) is 29.6 Å². The summed E-state index contributed by atoms with van der Waals surface area (Å²) in [5.41, 5.74) is 7.55. The van der Waals surface area contributed by atoms with Crippen molar-refractivity contribution in [3.8, 4) is 0 Å². The van der Waals surface area contributed by atoms with E-state index in [1.165, 1.54) is 35.9 Å². The third kappa shape index (κ3) is 2.97. The van der Waals surface area contributed by atoms with Crippen LogP contribution in [0.3, 0.4) is 0 Å². The van der Waals surface area contributed by atoms with Crippen LogP contribution in [0.15, 0.2) is 24.5 Å². The minimum Gasteiger partial charge on any atom is -0.423 e. The summed E-state index contributed by atoms with van der Waals surface area (Å²) in [6.45, 7) is 0.933. The van der Waals surface area contributed by atoms with Crippen molar-refractivity contribution in [2.75, 3.05) is 12.3 Å². The maximum absolute atomic E-state index is 12.9. The van der Waals surface area contributed by atoms with Crippen LogP contribution >= 0.6 is 11.3 Å². The first kappa shape index (κ1) is 17.6. The summed E-state index contributed by atoms with van der Waals surface area (Å²) >= 11 is 1.50. The minimum atomic E-state index is -1.77. The smallest absolute Gasteiger partial charge is 0.423 e. The number of hydrogen-bond donors (Lipinski definition) is 3. The fourth-order valence-electron chi connectivity index (χ4n) is 3.35. The van der Waals surface area contributed by atoms with Crippen LogP contribution in [0.25, 0.3) is 10.2 Å². The zero-order valence-corrected chi connectivity index (χ0v) is 14.9. The molecule has 1 aliphatic heterocycles. The zero-order chi connectivity index (χ0) is 19.1. The molecule has 1 aromatic carbocycles. The van der Waals surface area contributed by atoms with Crippen molar-refractivity contribution in [2.24, 2.45) is 0 Å². The van der Waals surface area contributed by atoms with E-state index >= 15 is 0 Å². The van der Waals surface area contributed by atoms with Crippen LogP contribution in [0.2, 0.25) is 0 Å². The van der Waals surface area contributed by atoms with Crippen LogP contribution in [0, 0.1) is 0 Å². The summed E-state index contributed by atoms with van der Waals surface area (Å²) in [6, 6.07) is 4.26. The number of nitrogen functional groups attached to an aromatic ring is 1. The van der Waals surface area contributed by atoms with E-state index in [2.05, 4.69) is 9.97 Å². The van der Waals surface area contributed by atoms with E-state index in [-0.39, 0.29) is 16.9 Å². The average molecular weight is 382 g/mol. The third-order valence-corrected chi connectivity index (χ3v) is 5.82. The summed E-state index contributed by atoms with van der Waals surface area (Å²) < 4.78 is 0. The molecule has 0 saturated carbocycles. The number of thiophene rings is 1. The van der Waals surface area contributed by atoms with Gasteiger partial charge < -0.3 is 20.7 Å². The monoisotopic (exact) mass is 382 g/mol. The molecular weight excluding hydrogens is 367 g/mol. The molecule has 8 nitrogen and oxygen atoms in total. The Hall–Kier alpha value is -2.82. The predicted molar refractivity (Wildman–Crippen MR) is 102 cm³/mol. The molecule has 136 valence electrons. The molecule has 27 heavy (non-hydrogen) atoms. The van der Waals surface area contributed by atoms with Gasteiger partial charge in [-0.15, -0.1) is 11.3 Å². The summed E-state index contributed by atoms with van der Waals surface area (Å²) in [4.78, 5) is 35.9. The number of carbonyl (C=O) groups is 2. The van der Waals surface area contributed by atoms with Crippen LogP contribution in [0.1, 0.15) is 31.2 Å². The Morgan fingerprint density at radius 3 is 2.89 bits per heavy atom. The summed E-state index contributed by atoms with van der Waals surface area (Å²) in [6.07, 6.45) is 2.58. The van der Waals surface area contributed by atoms with Crippen molar-refractivity contribution < 1.29 is 19.6 Å². The maximum Gasteiger partial charge on any atom is 0.489 e. The topological polar surface area (TPSA) is 130 Å². The number of hydrogen-bond acceptors (Lipinski definition) is 8. The minimum absolute atomic E-state index is 0.0704. The van der Waals surface area contributed by atoms with Crippen molar-refractivity contribution in [3.05, 3.63) is 46.1 Å². The van der Waals surface area contributed by atoms with Crippen molar-refractivity contribution in [3.63, 3.8) is 0 Å². The quantitative estimate of drug-likeness (QED) is 0.428. The van der Waals surface area contributed by atoms with Gasteiger partial charge in [-0.2, -0.15) is 0 Å². The van der Waals surface area contributed by atoms with Crippen LogP contribution in [-0.4, -0.2) is 50.8 Å². The number of carbonyl (C=O) groups excluding carboxylic acids is 2. The third-order valence-electron chi connectivity index (χ3n) is 4.69. The Balaban J connectivity index is 1.64. The molecule has 10 heteroatoms. The second kappa shape index (κ2) is 6.73. The number of rotatable bonds is 3. The number of fused-ring (bicyclic) bond motifs is 3. The first-order valence-electron chi connectivity index (χ1n) is 8.25. The Morgan fingerprint density at radius 2 is 2.15 bits per heavy atom. The Kier molecular flexibility index (Phi) is 4.38. The highest BCUT2D eigenvalue weighted by atomic mass is 32.1. The number of aromatic nitrogens is 2. The molecular formula is C17H15BN4O4S. The van der Waals surface area contributed by atoms with Crippen molar-refractivity contribution in [1.29, 1.82) is 0 Å². The van der Waals surface area contributed by atoms with Gasteiger partial charge in [0.2, 0.25) is 0 Å². The molecule has 4 N–H and O–H groups in total. The lowest BCUT2D eigenvalue weighted by Crippen LogP contribution is -2.37. The van der Waals surface area contributed by atoms with Crippen LogP contribution in [-0.2, 0) is 13.0 Å². The first-order valence-corrected chi connectivity index (χ1v) is 9.06. The zero-order valence-electron chi connectivity index (χ0n) is 14.1. The molecule has 3 aromatic rings. The van der Waals surface area contributed by atoms with Gasteiger partial charge in [0.25, 0.3) is 5.91 Å². The van der Waals surface area contributed by atoms with Gasteiger partial charge in [0.05, 0.1) is 11.9 Å². The number of anilines is 1. The molecule has 2 aromatic heterocycles. The lowest BCUT2D eigenvalue weighted by Gasteiger charge is -2.27. The number of amides is 1. The highest BCUT2D eigenvalue weighted by molar-refractivity contribution is 7.19. The molecule has 4 rings (SSSR count). The van der Waals surface area contributed by atoms with E-state index in [4.69, 9.17) is 5.73 Å². The van der Waals surface area contributed by atoms with Crippen molar-refractivity contribution in [1.82, 2.24) is 14.9 Å². The fraction of sp³-hybridized carbons (Fsp3) is 0.176. The standard InChI is InChI=1S/C17H15BN4O4S/c19-15-14-11-3-4-22(6-13(11)27-16(14)21-8-20-15)17(24)9-1-2-12(18(25)26)10(5-9)7-23/h1-2,5,7-8,25-26H,3-4,6H2,(H2,19,20,21). The van der Waals surface area contributed by atoms with Gasteiger partial charge in [-0.3, -0.25) is 9.59 Å². The number of nitrogens with two attached hydrogens (primary N) is 1. The lowest BCUT2D eigenvalue weighted by molar-refractivity contribution is 0.0737. The van der Waals surface area contributed by atoms with Crippen molar-refractivity contribution >= 4 is 52.1 Å². The van der Waals surface area contributed by atoms with Crippen molar-refractivity contribution in [2.45, 2.75) is 13.0 Å². The van der Waals surface area contributed by atoms with E-state index in [9.17, 15) is 19.6 Å². The second-order valence-corrected chi connectivity index (χ2v) is 7.34. The summed E-state index contributed by atoms with van der Waals surface area (Å²) in [5, 5.41) is 19.5. The summed E-state index contributed by atoms with van der Waals surface area (Å²) in [5.74, 6) is 0.227. The van der Waals surface area contributed by atoms with Gasteiger partial charge >= 0.3 is 7.12 Å². The van der Waals surface area contributed by atoms with Gasteiger partial charge in [0.15, 0.2) is 0 Å². The molecule has 0 spiro atoms. The van der Waals surface area contributed by atoms with E-state index in [1.807, 2.05) is 0 Å². The molecule has 1 amide bonds. The van der Waals surface area contributed by atoms with E-state index in [1.54, 1.807) is 4.90 Å². The molecule has 0 saturated heterocycles. The largest absolute Gasteiger partial charge is 0.489 e. The van der Waals surface area contributed by atoms with Crippen LogP contribution in [0.4, 0.5) is 5.82 Å². The van der Waals surface area contributed by atoms with E-state index in [0.717, 1.165) is 20.7 Å². The van der Waals surface area contributed by atoms with Gasteiger partial charge in [-0.25, -0.2) is 9.97 Å². The number of benzene rings is 1. The van der Waals surface area contributed by atoms with E-state index in [0.29, 0.717) is 37.2 Å². The van der Waals surface area contributed by atoms with E-state index < -0.39 is 7.12 Å². The fourth-order valence-corrected chi connectivity index (χ4v) is 4.56. The van der Waals surface area contributed by atoms with Gasteiger partial charge in [0, 0.05) is 22.5 Å². The second-order valence-electron chi connectivity index (χ2n) is 6.25. The first-order chi connectivity index (χ1) is 13.0. The Bertz CT molecular complexity index is 1070. The maximum atomic E-state index is 12.9. The molecule has 0 aliphatic carbocycles. The number of aldehydes is 1. The van der Waals surface area contributed by atoms with Crippen LogP contribution in [0.5, 0.6) is 0 Å². The Labute approximate surface area is 158 Å². The molecule has 3 heterocycles. The molecule has 0 unspecified atom stereocenters. The Morgan fingerprint density at radius 1 is 1.33 bits per heavy atom. The normalized spacial score (nSPS) is 13.5.